The smallest absolute Gasteiger partial charge is 0.256 e. The number of aromatic nitrogens is 1. The fraction of sp³-hybridized carbons (Fsp3) is 0.240. The third-order valence-corrected chi connectivity index (χ3v) is 6.72. The van der Waals surface area contributed by atoms with Gasteiger partial charge in [0, 0.05) is 28.1 Å². The zero-order valence-corrected chi connectivity index (χ0v) is 20.2. The Hall–Kier alpha value is -3.03. The molecule has 1 aliphatic rings. The molecule has 1 saturated carbocycles. The number of pyridine rings is 1. The standard InChI is InChI=1S/C25H25ClN2O4S/c1-16-4-11-21(24(29)27-16)19-14-18(23(32-2)22(15-19)25(26)12-13-25)8-5-17-6-9-20(10-7-17)28-33(3,30)31/h4-11,14-15,28H,12-13H2,1-3H3,(H,27,29). The first-order valence-corrected chi connectivity index (χ1v) is 12.7. The van der Waals surface area contributed by atoms with Crippen molar-refractivity contribution in [2.45, 2.75) is 24.6 Å². The van der Waals surface area contributed by atoms with Crippen molar-refractivity contribution in [3.05, 3.63) is 81.3 Å². The molecular formula is C25H25ClN2O4S. The maximum Gasteiger partial charge on any atom is 0.256 e. The normalized spacial score (nSPS) is 14.9. The van der Waals surface area contributed by atoms with Gasteiger partial charge in [0.15, 0.2) is 0 Å². The highest BCUT2D eigenvalue weighted by atomic mass is 35.5. The van der Waals surface area contributed by atoms with E-state index in [1.54, 1.807) is 19.2 Å². The second-order valence-corrected chi connectivity index (χ2v) is 10.8. The van der Waals surface area contributed by atoms with Crippen LogP contribution in [0.25, 0.3) is 23.3 Å². The molecule has 1 fully saturated rings. The van der Waals surface area contributed by atoms with E-state index in [0.29, 0.717) is 17.0 Å². The SMILES string of the molecule is COc1c(C=Cc2ccc(NS(C)(=O)=O)cc2)cc(-c2ccc(C)[nH]c2=O)cc1C1(Cl)CC1. The molecule has 0 radical (unpaired) electrons. The summed E-state index contributed by atoms with van der Waals surface area (Å²) < 4.78 is 31.0. The summed E-state index contributed by atoms with van der Waals surface area (Å²) in [6, 6.07) is 14.6. The van der Waals surface area contributed by atoms with Crippen LogP contribution in [-0.4, -0.2) is 26.8 Å². The first kappa shape index (κ1) is 23.1. The van der Waals surface area contributed by atoms with E-state index in [9.17, 15) is 13.2 Å². The number of aromatic amines is 1. The maximum atomic E-state index is 12.6. The number of methoxy groups -OCH3 is 1. The summed E-state index contributed by atoms with van der Waals surface area (Å²) in [5.41, 5.74) is 5.02. The molecule has 0 atom stereocenters. The molecule has 33 heavy (non-hydrogen) atoms. The van der Waals surface area contributed by atoms with Gasteiger partial charge in [0.1, 0.15) is 5.75 Å². The first-order chi connectivity index (χ1) is 15.6. The molecule has 3 aromatic rings. The van der Waals surface area contributed by atoms with E-state index in [-0.39, 0.29) is 5.56 Å². The Bertz CT molecular complexity index is 1390. The van der Waals surface area contributed by atoms with Crippen LogP contribution >= 0.6 is 11.6 Å². The molecule has 2 N–H and O–H groups in total. The Morgan fingerprint density at radius 2 is 1.79 bits per heavy atom. The summed E-state index contributed by atoms with van der Waals surface area (Å²) in [5.74, 6) is 0.682. The number of alkyl halides is 1. The third kappa shape index (κ3) is 5.31. The largest absolute Gasteiger partial charge is 0.496 e. The molecule has 0 amide bonds. The van der Waals surface area contributed by atoms with E-state index in [4.69, 9.17) is 16.3 Å². The van der Waals surface area contributed by atoms with Crippen LogP contribution in [0, 0.1) is 6.92 Å². The van der Waals surface area contributed by atoms with Crippen molar-refractivity contribution in [1.29, 1.82) is 0 Å². The minimum atomic E-state index is -3.33. The molecule has 0 bridgehead atoms. The lowest BCUT2D eigenvalue weighted by atomic mass is 9.96. The van der Waals surface area contributed by atoms with Crippen LogP contribution in [0.3, 0.4) is 0 Å². The third-order valence-electron chi connectivity index (χ3n) is 5.53. The van der Waals surface area contributed by atoms with Gasteiger partial charge in [0.05, 0.1) is 18.2 Å². The van der Waals surface area contributed by atoms with Crippen LogP contribution in [0.15, 0.2) is 53.3 Å². The van der Waals surface area contributed by atoms with Gasteiger partial charge in [-0.3, -0.25) is 9.52 Å². The van der Waals surface area contributed by atoms with Crippen molar-refractivity contribution in [2.24, 2.45) is 0 Å². The number of sulfonamides is 1. The maximum absolute atomic E-state index is 12.6. The molecule has 4 rings (SSSR count). The van der Waals surface area contributed by atoms with Gasteiger partial charge in [0.2, 0.25) is 10.0 Å². The number of anilines is 1. The van der Waals surface area contributed by atoms with Crippen LogP contribution in [0.4, 0.5) is 5.69 Å². The van der Waals surface area contributed by atoms with Crippen LogP contribution < -0.4 is 15.0 Å². The summed E-state index contributed by atoms with van der Waals surface area (Å²) >= 11 is 6.79. The number of H-pyrrole nitrogens is 1. The van der Waals surface area contributed by atoms with Gasteiger partial charge in [-0.05, 0) is 67.3 Å². The number of benzene rings is 2. The second kappa shape index (κ2) is 8.72. The molecule has 1 aromatic heterocycles. The molecule has 0 saturated heterocycles. The first-order valence-electron chi connectivity index (χ1n) is 10.5. The van der Waals surface area contributed by atoms with Crippen molar-refractivity contribution >= 4 is 39.5 Å². The predicted molar refractivity (Wildman–Crippen MR) is 134 cm³/mol. The number of rotatable bonds is 7. The minimum Gasteiger partial charge on any atom is -0.496 e. The minimum absolute atomic E-state index is 0.158. The fourth-order valence-corrected chi connectivity index (χ4v) is 4.53. The van der Waals surface area contributed by atoms with Crippen LogP contribution in [0.1, 0.15) is 35.2 Å². The van der Waals surface area contributed by atoms with Crippen LogP contribution in [0.2, 0.25) is 0 Å². The number of halogens is 1. The van der Waals surface area contributed by atoms with Crippen LogP contribution in [-0.2, 0) is 14.9 Å². The van der Waals surface area contributed by atoms with Gasteiger partial charge < -0.3 is 9.72 Å². The second-order valence-electron chi connectivity index (χ2n) is 8.33. The van der Waals surface area contributed by atoms with Gasteiger partial charge in [-0.25, -0.2) is 8.42 Å². The van der Waals surface area contributed by atoms with Gasteiger partial charge in [0.25, 0.3) is 5.56 Å². The van der Waals surface area contributed by atoms with E-state index >= 15 is 0 Å². The van der Waals surface area contributed by atoms with Crippen molar-refractivity contribution in [2.75, 3.05) is 18.1 Å². The van der Waals surface area contributed by atoms with Crippen molar-refractivity contribution in [3.8, 4) is 16.9 Å². The summed E-state index contributed by atoms with van der Waals surface area (Å²) in [6.45, 7) is 1.84. The van der Waals surface area contributed by atoms with Gasteiger partial charge in [-0.1, -0.05) is 24.3 Å². The predicted octanol–water partition coefficient (Wildman–Crippen LogP) is 5.13. The van der Waals surface area contributed by atoms with E-state index in [0.717, 1.165) is 47.0 Å². The van der Waals surface area contributed by atoms with E-state index < -0.39 is 14.9 Å². The lowest BCUT2D eigenvalue weighted by molar-refractivity contribution is 0.407. The van der Waals surface area contributed by atoms with Crippen molar-refractivity contribution in [1.82, 2.24) is 4.98 Å². The average Bonchev–Trinajstić information content (AvgIpc) is 3.50. The summed E-state index contributed by atoms with van der Waals surface area (Å²) in [5, 5.41) is 0. The average molecular weight is 485 g/mol. The highest BCUT2D eigenvalue weighted by Gasteiger charge is 2.45. The molecule has 1 aliphatic carbocycles. The molecule has 2 aromatic carbocycles. The van der Waals surface area contributed by atoms with Gasteiger partial charge in [-0.15, -0.1) is 11.6 Å². The lowest BCUT2D eigenvalue weighted by Gasteiger charge is -2.17. The number of ether oxygens (including phenoxy) is 1. The van der Waals surface area contributed by atoms with E-state index in [1.165, 1.54) is 0 Å². The number of aryl methyl sites for hydroxylation is 1. The molecule has 172 valence electrons. The van der Waals surface area contributed by atoms with E-state index in [1.807, 2.05) is 55.5 Å². The number of hydrogen-bond donors (Lipinski definition) is 2. The Balaban J connectivity index is 1.76. The van der Waals surface area contributed by atoms with Crippen LogP contribution in [0.5, 0.6) is 5.75 Å². The zero-order chi connectivity index (χ0) is 23.8. The Morgan fingerprint density at radius 3 is 2.36 bits per heavy atom. The molecule has 0 aliphatic heterocycles. The van der Waals surface area contributed by atoms with Gasteiger partial charge in [-0.2, -0.15) is 0 Å². The molecule has 0 spiro atoms. The number of hydrogen-bond acceptors (Lipinski definition) is 4. The molecule has 6 nitrogen and oxygen atoms in total. The highest BCUT2D eigenvalue weighted by Crippen LogP contribution is 2.56. The topological polar surface area (TPSA) is 88.3 Å². The highest BCUT2D eigenvalue weighted by molar-refractivity contribution is 7.92. The quantitative estimate of drug-likeness (QED) is 0.359. The van der Waals surface area contributed by atoms with E-state index in [2.05, 4.69) is 9.71 Å². The molecule has 0 unspecified atom stereocenters. The Kier molecular flexibility index (Phi) is 6.12. The molecule has 1 heterocycles. The summed E-state index contributed by atoms with van der Waals surface area (Å²) in [6.07, 6.45) is 6.62. The Morgan fingerprint density at radius 1 is 1.09 bits per heavy atom. The Labute approximate surface area is 198 Å². The van der Waals surface area contributed by atoms with Crippen molar-refractivity contribution in [3.63, 3.8) is 0 Å². The number of nitrogens with one attached hydrogen (secondary N) is 2. The molecular weight excluding hydrogens is 460 g/mol. The monoisotopic (exact) mass is 484 g/mol. The lowest BCUT2D eigenvalue weighted by Crippen LogP contribution is -2.11. The van der Waals surface area contributed by atoms with Gasteiger partial charge >= 0.3 is 0 Å². The summed E-state index contributed by atoms with van der Waals surface area (Å²) in [7, 11) is -1.72. The molecule has 8 heteroatoms. The summed E-state index contributed by atoms with van der Waals surface area (Å²) in [4.78, 5) is 15.0. The zero-order valence-electron chi connectivity index (χ0n) is 18.6. The fourth-order valence-electron chi connectivity index (χ4n) is 3.73. The van der Waals surface area contributed by atoms with Crippen molar-refractivity contribution < 1.29 is 13.2 Å².